The zero-order chi connectivity index (χ0) is 20.0. The van der Waals surface area contributed by atoms with Crippen LogP contribution in [0, 0.1) is 5.41 Å². The molecule has 2 aliphatic heterocycles. The molecule has 1 aromatic carbocycles. The maximum absolute atomic E-state index is 13.1. The van der Waals surface area contributed by atoms with E-state index in [0.29, 0.717) is 11.3 Å². The van der Waals surface area contributed by atoms with Crippen LogP contribution >= 0.6 is 0 Å². The first-order valence-electron chi connectivity index (χ1n) is 9.09. The van der Waals surface area contributed by atoms with Crippen LogP contribution in [0.15, 0.2) is 24.3 Å². The van der Waals surface area contributed by atoms with E-state index in [0.717, 1.165) is 0 Å². The number of para-hydroxylation sites is 1. The highest BCUT2D eigenvalue weighted by atomic mass is 16.5. The minimum Gasteiger partial charge on any atom is -0.455 e. The van der Waals surface area contributed by atoms with Crippen LogP contribution in [0.1, 0.15) is 50.9 Å². The lowest BCUT2D eigenvalue weighted by molar-refractivity contribution is -0.160. The van der Waals surface area contributed by atoms with Crippen LogP contribution in [0.3, 0.4) is 0 Å². The smallest absolute Gasteiger partial charge is 0.354 e. The minimum atomic E-state index is -1.53. The van der Waals surface area contributed by atoms with Crippen LogP contribution in [0.25, 0.3) is 0 Å². The van der Waals surface area contributed by atoms with Gasteiger partial charge in [-0.05, 0) is 19.1 Å². The van der Waals surface area contributed by atoms with E-state index in [1.165, 1.54) is 9.80 Å². The highest BCUT2D eigenvalue weighted by Crippen LogP contribution is 2.44. The van der Waals surface area contributed by atoms with Crippen LogP contribution in [0.2, 0.25) is 0 Å². The standard InChI is InChI=1S/C20H24N2O5/c1-5-21-17(25)13-8-6-7-9-14(13)22-16(24)10-11-20(21,22)18(26)27-12-15(23)19(2,3)4/h6-9H,5,10-12H2,1-4H3/t20-/m0/s1. The fourth-order valence-electron chi connectivity index (χ4n) is 3.64. The number of benzene rings is 1. The molecule has 0 N–H and O–H groups in total. The van der Waals surface area contributed by atoms with E-state index in [9.17, 15) is 19.2 Å². The van der Waals surface area contributed by atoms with Crippen molar-refractivity contribution in [2.24, 2.45) is 5.41 Å². The second kappa shape index (κ2) is 6.48. The highest BCUT2D eigenvalue weighted by Gasteiger charge is 2.61. The van der Waals surface area contributed by atoms with Gasteiger partial charge in [0.2, 0.25) is 11.6 Å². The molecule has 27 heavy (non-hydrogen) atoms. The average Bonchev–Trinajstić information content (AvgIpc) is 2.97. The Morgan fingerprint density at radius 1 is 1.19 bits per heavy atom. The van der Waals surface area contributed by atoms with Crippen molar-refractivity contribution in [3.05, 3.63) is 29.8 Å². The van der Waals surface area contributed by atoms with E-state index in [-0.39, 0.29) is 43.6 Å². The van der Waals surface area contributed by atoms with Gasteiger partial charge in [-0.3, -0.25) is 19.3 Å². The van der Waals surface area contributed by atoms with Crippen molar-refractivity contribution < 1.29 is 23.9 Å². The van der Waals surface area contributed by atoms with Gasteiger partial charge in [0, 0.05) is 24.8 Å². The summed E-state index contributed by atoms with van der Waals surface area (Å²) in [6.45, 7) is 6.82. The molecule has 144 valence electrons. The van der Waals surface area contributed by atoms with E-state index < -0.39 is 17.0 Å². The Labute approximate surface area is 158 Å². The second-order valence-electron chi connectivity index (χ2n) is 7.86. The number of hydrogen-bond donors (Lipinski definition) is 0. The quantitative estimate of drug-likeness (QED) is 0.756. The van der Waals surface area contributed by atoms with Crippen molar-refractivity contribution in [1.29, 1.82) is 0 Å². The Hall–Kier alpha value is -2.70. The Kier molecular flexibility index (Phi) is 4.57. The number of hydrogen-bond acceptors (Lipinski definition) is 5. The number of ether oxygens (including phenoxy) is 1. The van der Waals surface area contributed by atoms with Gasteiger partial charge in [-0.1, -0.05) is 32.9 Å². The maximum atomic E-state index is 13.1. The van der Waals surface area contributed by atoms with Crippen molar-refractivity contribution >= 4 is 29.3 Å². The van der Waals surface area contributed by atoms with Crippen molar-refractivity contribution in [2.75, 3.05) is 18.1 Å². The molecule has 2 amide bonds. The number of anilines is 1. The summed E-state index contributed by atoms with van der Waals surface area (Å²) in [5.41, 5.74) is -1.39. The summed E-state index contributed by atoms with van der Waals surface area (Å²) in [6.07, 6.45) is 0.267. The Bertz CT molecular complexity index is 826. The normalized spacial score (nSPS) is 21.8. The van der Waals surface area contributed by atoms with Crippen LogP contribution in [0.4, 0.5) is 5.69 Å². The fourth-order valence-corrected chi connectivity index (χ4v) is 3.64. The topological polar surface area (TPSA) is 84.0 Å². The number of esters is 1. The molecule has 1 fully saturated rings. The molecule has 0 unspecified atom stereocenters. The monoisotopic (exact) mass is 372 g/mol. The average molecular weight is 372 g/mol. The molecule has 1 atom stereocenters. The fraction of sp³-hybridized carbons (Fsp3) is 0.500. The van der Waals surface area contributed by atoms with E-state index in [1.54, 1.807) is 52.0 Å². The summed E-state index contributed by atoms with van der Waals surface area (Å²) in [5.74, 6) is -1.53. The summed E-state index contributed by atoms with van der Waals surface area (Å²) in [7, 11) is 0. The van der Waals surface area contributed by atoms with Crippen LogP contribution < -0.4 is 4.90 Å². The second-order valence-corrected chi connectivity index (χ2v) is 7.86. The SMILES string of the molecule is CCN1C(=O)c2ccccc2N2C(=O)CC[C@]12C(=O)OCC(=O)C(C)(C)C. The predicted molar refractivity (Wildman–Crippen MR) is 98.0 cm³/mol. The molecule has 0 aliphatic carbocycles. The molecule has 0 saturated carbocycles. The third-order valence-corrected chi connectivity index (χ3v) is 5.19. The summed E-state index contributed by atoms with van der Waals surface area (Å²) in [6, 6.07) is 6.74. The number of ketones is 1. The molecule has 7 heteroatoms. The molecule has 0 spiro atoms. The van der Waals surface area contributed by atoms with Crippen molar-refractivity contribution in [1.82, 2.24) is 4.90 Å². The summed E-state index contributed by atoms with van der Waals surface area (Å²) in [5, 5.41) is 0. The van der Waals surface area contributed by atoms with Gasteiger partial charge in [-0.2, -0.15) is 0 Å². The Balaban J connectivity index is 2.03. The number of Topliss-reactive ketones (excluding diaryl/α,β-unsaturated/α-hetero) is 1. The van der Waals surface area contributed by atoms with Crippen molar-refractivity contribution in [3.63, 3.8) is 0 Å². The third-order valence-electron chi connectivity index (χ3n) is 5.19. The molecule has 0 aromatic heterocycles. The lowest BCUT2D eigenvalue weighted by Gasteiger charge is -2.48. The first-order chi connectivity index (χ1) is 12.6. The number of rotatable bonds is 4. The van der Waals surface area contributed by atoms with Crippen LogP contribution in [-0.2, 0) is 19.1 Å². The minimum absolute atomic E-state index is 0.125. The van der Waals surface area contributed by atoms with E-state index in [2.05, 4.69) is 0 Å². The first-order valence-corrected chi connectivity index (χ1v) is 9.09. The van der Waals surface area contributed by atoms with Gasteiger partial charge in [0.15, 0.2) is 12.4 Å². The molecule has 2 heterocycles. The molecular weight excluding hydrogens is 348 g/mol. The zero-order valence-electron chi connectivity index (χ0n) is 16.1. The van der Waals surface area contributed by atoms with Gasteiger partial charge in [0.1, 0.15) is 0 Å². The van der Waals surface area contributed by atoms with E-state index >= 15 is 0 Å². The van der Waals surface area contributed by atoms with Gasteiger partial charge in [-0.25, -0.2) is 4.79 Å². The number of carbonyl (C=O) groups excluding carboxylic acids is 4. The Morgan fingerprint density at radius 3 is 2.48 bits per heavy atom. The van der Waals surface area contributed by atoms with Gasteiger partial charge in [0.25, 0.3) is 5.91 Å². The van der Waals surface area contributed by atoms with Crippen molar-refractivity contribution in [2.45, 2.75) is 46.2 Å². The van der Waals surface area contributed by atoms with E-state index in [1.807, 2.05) is 0 Å². The summed E-state index contributed by atoms with van der Waals surface area (Å²) >= 11 is 0. The van der Waals surface area contributed by atoms with Gasteiger partial charge in [-0.15, -0.1) is 0 Å². The number of carbonyl (C=O) groups is 4. The lowest BCUT2D eigenvalue weighted by atomic mass is 9.91. The third kappa shape index (κ3) is 2.81. The summed E-state index contributed by atoms with van der Waals surface area (Å²) in [4.78, 5) is 53.8. The molecule has 7 nitrogen and oxygen atoms in total. The van der Waals surface area contributed by atoms with Gasteiger partial charge < -0.3 is 9.64 Å². The van der Waals surface area contributed by atoms with Gasteiger partial charge in [0.05, 0.1) is 11.3 Å². The number of likely N-dealkylation sites (N-methyl/N-ethyl adjacent to an activating group) is 1. The Morgan fingerprint density at radius 2 is 1.85 bits per heavy atom. The molecule has 2 aliphatic rings. The van der Waals surface area contributed by atoms with E-state index in [4.69, 9.17) is 4.74 Å². The molecule has 0 radical (unpaired) electrons. The maximum Gasteiger partial charge on any atom is 0.354 e. The molecule has 1 saturated heterocycles. The number of amides is 2. The zero-order valence-corrected chi connectivity index (χ0v) is 16.1. The van der Waals surface area contributed by atoms with Crippen LogP contribution in [-0.4, -0.2) is 47.3 Å². The number of nitrogens with zero attached hydrogens (tertiary/aromatic N) is 2. The first kappa shape index (κ1) is 19.1. The molecule has 3 rings (SSSR count). The lowest BCUT2D eigenvalue weighted by Crippen LogP contribution is -2.68. The number of fused-ring (bicyclic) bond motifs is 3. The van der Waals surface area contributed by atoms with Crippen LogP contribution in [0.5, 0.6) is 0 Å². The van der Waals surface area contributed by atoms with Crippen molar-refractivity contribution in [3.8, 4) is 0 Å². The molecule has 0 bridgehead atoms. The predicted octanol–water partition coefficient (Wildman–Crippen LogP) is 2.14. The van der Waals surface area contributed by atoms with Gasteiger partial charge >= 0.3 is 5.97 Å². The molecule has 1 aromatic rings. The summed E-state index contributed by atoms with van der Waals surface area (Å²) < 4.78 is 5.34. The largest absolute Gasteiger partial charge is 0.455 e. The molecular formula is C20H24N2O5. The highest BCUT2D eigenvalue weighted by molar-refractivity contribution is 6.15.